The number of hydrogen-bond acceptors (Lipinski definition) is 2. The quantitative estimate of drug-likeness (QED) is 0.334. The van der Waals surface area contributed by atoms with Crippen LogP contribution in [0.2, 0.25) is 0 Å². The summed E-state index contributed by atoms with van der Waals surface area (Å²) in [6.07, 6.45) is 2.15. The van der Waals surface area contributed by atoms with Crippen molar-refractivity contribution in [3.63, 3.8) is 0 Å². The molecule has 0 saturated heterocycles. The van der Waals surface area contributed by atoms with Crippen LogP contribution in [0.25, 0.3) is 0 Å². The number of hydrogen-bond donors (Lipinski definition) is 2. The first kappa shape index (κ1) is 6.98. The molecule has 0 radical (unpaired) electrons. The first-order valence-corrected chi connectivity index (χ1v) is 2.82. The van der Waals surface area contributed by atoms with E-state index in [4.69, 9.17) is 5.73 Å². The predicted octanol–water partition coefficient (Wildman–Crippen LogP) is -1.48. The molecule has 0 aromatic carbocycles. The highest BCUT2D eigenvalue weighted by Gasteiger charge is 1.77. The third-order valence-electron chi connectivity index (χ3n) is 0.808. The molecule has 0 rings (SSSR count). The van der Waals surface area contributed by atoms with Crippen molar-refractivity contribution >= 4 is 7.85 Å². The van der Waals surface area contributed by atoms with Gasteiger partial charge in [0, 0.05) is 0 Å². The van der Waals surface area contributed by atoms with Crippen LogP contribution in [0, 0.1) is 0 Å². The molecule has 0 fully saturated rings. The van der Waals surface area contributed by atoms with E-state index in [0.29, 0.717) is 0 Å². The Hall–Kier alpha value is -0.0151. The lowest BCUT2D eigenvalue weighted by Crippen LogP contribution is -2.18. The third-order valence-corrected chi connectivity index (χ3v) is 0.808. The van der Waals surface area contributed by atoms with E-state index in [1.54, 1.807) is 0 Å². The van der Waals surface area contributed by atoms with E-state index in [2.05, 4.69) is 13.2 Å². The second kappa shape index (κ2) is 5.98. The molecule has 3 heteroatoms. The van der Waals surface area contributed by atoms with Gasteiger partial charge in [-0.05, 0) is 26.0 Å². The monoisotopic (exact) mass is 100 g/mol. The first-order valence-electron chi connectivity index (χ1n) is 2.82. The average Bonchev–Trinajstić information content (AvgIpc) is 1.69. The molecule has 0 spiro atoms. The minimum absolute atomic E-state index is 0.799. The topological polar surface area (TPSA) is 38.0 Å². The molecule has 0 amide bonds. The lowest BCUT2D eigenvalue weighted by atomic mass is 10.2. The number of nitrogens with one attached hydrogen (secondary N) is 1. The van der Waals surface area contributed by atoms with E-state index >= 15 is 0 Å². The van der Waals surface area contributed by atoms with Crippen LogP contribution < -0.4 is 11.1 Å². The third kappa shape index (κ3) is 5.98. The highest BCUT2D eigenvalue weighted by atomic mass is 14.8. The standard InChI is InChI=1S/C4H13BN2/c5-4-7-3-1-2-6/h7H,1-6H2. The Morgan fingerprint density at radius 3 is 2.71 bits per heavy atom. The molecular formula is C4H13BN2. The van der Waals surface area contributed by atoms with Gasteiger partial charge in [-0.25, -0.2) is 0 Å². The molecule has 0 atom stereocenters. The Balaban J connectivity index is 2.45. The molecule has 0 aromatic heterocycles. The molecule has 0 heterocycles. The highest BCUT2D eigenvalue weighted by Crippen LogP contribution is 1.64. The Morgan fingerprint density at radius 2 is 2.29 bits per heavy atom. The Kier molecular flexibility index (Phi) is 5.97. The molecule has 7 heavy (non-hydrogen) atoms. The van der Waals surface area contributed by atoms with Crippen molar-refractivity contribution in [3.05, 3.63) is 0 Å². The van der Waals surface area contributed by atoms with Crippen molar-refractivity contribution in [1.82, 2.24) is 5.32 Å². The Bertz CT molecular complexity index is 28.9. The first-order chi connectivity index (χ1) is 3.41. The van der Waals surface area contributed by atoms with Gasteiger partial charge in [-0.3, -0.25) is 0 Å². The molecule has 0 aliphatic heterocycles. The van der Waals surface area contributed by atoms with Gasteiger partial charge in [0.2, 0.25) is 0 Å². The molecule has 0 unspecified atom stereocenters. The maximum absolute atomic E-state index is 5.23. The molecule has 0 aliphatic carbocycles. The smallest absolute Gasteiger partial charge is 0.119 e. The van der Waals surface area contributed by atoms with Crippen LogP contribution in [-0.4, -0.2) is 27.4 Å². The van der Waals surface area contributed by atoms with Crippen molar-refractivity contribution in [2.24, 2.45) is 5.73 Å². The van der Waals surface area contributed by atoms with E-state index in [1.807, 2.05) is 0 Å². The normalized spacial score (nSPS) is 9.29. The van der Waals surface area contributed by atoms with Crippen LogP contribution >= 0.6 is 0 Å². The van der Waals surface area contributed by atoms with Crippen LogP contribution in [0.15, 0.2) is 0 Å². The van der Waals surface area contributed by atoms with Crippen molar-refractivity contribution in [1.29, 1.82) is 0 Å². The highest BCUT2D eigenvalue weighted by molar-refractivity contribution is 6.08. The van der Waals surface area contributed by atoms with E-state index in [9.17, 15) is 0 Å². The minimum atomic E-state index is 0.799. The predicted molar refractivity (Wildman–Crippen MR) is 35.1 cm³/mol. The Morgan fingerprint density at radius 1 is 1.57 bits per heavy atom. The van der Waals surface area contributed by atoms with Gasteiger partial charge in [0.1, 0.15) is 7.85 Å². The van der Waals surface area contributed by atoms with Crippen molar-refractivity contribution in [3.8, 4) is 0 Å². The summed E-state index contributed by atoms with van der Waals surface area (Å²) >= 11 is 0. The van der Waals surface area contributed by atoms with E-state index in [1.165, 1.54) is 0 Å². The fourth-order valence-electron chi connectivity index (χ4n) is 0.404. The summed E-state index contributed by atoms with van der Waals surface area (Å²) in [7, 11) is 2.09. The molecule has 0 saturated carbocycles. The maximum Gasteiger partial charge on any atom is 0.119 e. The molecular weight excluding hydrogens is 86.9 g/mol. The second-order valence-electron chi connectivity index (χ2n) is 1.50. The molecule has 0 aromatic rings. The summed E-state index contributed by atoms with van der Waals surface area (Å²) in [6.45, 7) is 1.86. The molecule has 0 bridgehead atoms. The number of nitrogens with two attached hydrogens (primary N) is 1. The van der Waals surface area contributed by atoms with Crippen LogP contribution in [0.4, 0.5) is 0 Å². The number of rotatable bonds is 4. The lowest BCUT2D eigenvalue weighted by molar-refractivity contribution is 0.718. The van der Waals surface area contributed by atoms with Crippen molar-refractivity contribution < 1.29 is 0 Å². The van der Waals surface area contributed by atoms with Gasteiger partial charge in [0.15, 0.2) is 0 Å². The van der Waals surface area contributed by atoms with Gasteiger partial charge < -0.3 is 11.1 Å². The van der Waals surface area contributed by atoms with Gasteiger partial charge in [-0.1, -0.05) is 0 Å². The zero-order valence-electron chi connectivity index (χ0n) is 4.91. The average molecular weight is 100.0 g/mol. The van der Waals surface area contributed by atoms with Crippen LogP contribution in [0.3, 0.4) is 0 Å². The summed E-state index contributed by atoms with van der Waals surface area (Å²) in [5.41, 5.74) is 5.23. The van der Waals surface area contributed by atoms with Gasteiger partial charge >= 0.3 is 0 Å². The van der Waals surface area contributed by atoms with Gasteiger partial charge in [-0.15, -0.1) is 0 Å². The van der Waals surface area contributed by atoms with Crippen LogP contribution in [-0.2, 0) is 0 Å². The van der Waals surface area contributed by atoms with Crippen molar-refractivity contribution in [2.45, 2.75) is 6.42 Å². The summed E-state index contributed by atoms with van der Waals surface area (Å²) < 4.78 is 0. The lowest BCUT2D eigenvalue weighted by Gasteiger charge is -1.95. The summed E-state index contributed by atoms with van der Waals surface area (Å²) in [4.78, 5) is 0. The Labute approximate surface area is 45.9 Å². The molecule has 0 aliphatic rings. The zero-order valence-corrected chi connectivity index (χ0v) is 4.91. The second-order valence-corrected chi connectivity index (χ2v) is 1.50. The van der Waals surface area contributed by atoms with E-state index in [0.717, 1.165) is 26.0 Å². The fraction of sp³-hybridized carbons (Fsp3) is 1.00. The SMILES string of the molecule is BCNCCCN. The molecule has 42 valence electrons. The summed E-state index contributed by atoms with van der Waals surface area (Å²) in [6, 6.07) is 0. The minimum Gasteiger partial charge on any atom is -0.330 e. The zero-order chi connectivity index (χ0) is 5.54. The fourth-order valence-corrected chi connectivity index (χ4v) is 0.404. The van der Waals surface area contributed by atoms with Crippen LogP contribution in [0.1, 0.15) is 6.42 Å². The van der Waals surface area contributed by atoms with E-state index in [-0.39, 0.29) is 0 Å². The van der Waals surface area contributed by atoms with E-state index < -0.39 is 0 Å². The molecule has 3 N–H and O–H groups in total. The van der Waals surface area contributed by atoms with Gasteiger partial charge in [0.05, 0.1) is 0 Å². The maximum atomic E-state index is 5.23. The summed E-state index contributed by atoms with van der Waals surface area (Å²) in [5, 5.41) is 3.17. The largest absolute Gasteiger partial charge is 0.330 e. The van der Waals surface area contributed by atoms with Crippen molar-refractivity contribution in [2.75, 3.05) is 19.5 Å². The summed E-state index contributed by atoms with van der Waals surface area (Å²) in [5.74, 6) is 0. The van der Waals surface area contributed by atoms with Crippen LogP contribution in [0.5, 0.6) is 0 Å². The molecule has 2 nitrogen and oxygen atoms in total. The van der Waals surface area contributed by atoms with Gasteiger partial charge in [0.25, 0.3) is 0 Å². The van der Waals surface area contributed by atoms with Gasteiger partial charge in [-0.2, -0.15) is 0 Å².